The van der Waals surface area contributed by atoms with E-state index in [1.807, 2.05) is 48.5 Å². The summed E-state index contributed by atoms with van der Waals surface area (Å²) in [6, 6.07) is 24.5. The summed E-state index contributed by atoms with van der Waals surface area (Å²) in [5.74, 6) is -0.947. The summed E-state index contributed by atoms with van der Waals surface area (Å²) in [7, 11) is 0. The van der Waals surface area contributed by atoms with Gasteiger partial charge < -0.3 is 14.5 Å². The van der Waals surface area contributed by atoms with Crippen molar-refractivity contribution in [2.45, 2.75) is 36.1 Å². The Morgan fingerprint density at radius 1 is 0.911 bits per heavy atom. The van der Waals surface area contributed by atoms with E-state index in [0.29, 0.717) is 17.9 Å². The van der Waals surface area contributed by atoms with Gasteiger partial charge in [-0.1, -0.05) is 59.9 Å². The van der Waals surface area contributed by atoms with Crippen LogP contribution in [0.1, 0.15) is 45.6 Å². The lowest BCUT2D eigenvalue weighted by atomic mass is 9.68. The average molecular weight is 639 g/mol. The number of thiazole rings is 1. The normalized spacial score (nSPS) is 27.7. The van der Waals surface area contributed by atoms with Gasteiger partial charge in [-0.3, -0.25) is 19.3 Å². The van der Waals surface area contributed by atoms with E-state index in [2.05, 4.69) is 11.1 Å². The number of benzene rings is 3. The van der Waals surface area contributed by atoms with Gasteiger partial charge in [-0.15, -0.1) is 11.8 Å². The molecule has 2 aliphatic heterocycles. The summed E-state index contributed by atoms with van der Waals surface area (Å²) in [6.07, 6.45) is 0.799. The number of thioether (sulfide) groups is 1. The van der Waals surface area contributed by atoms with Crippen LogP contribution in [0.3, 0.4) is 0 Å². The first-order valence-corrected chi connectivity index (χ1v) is 16.9. The third-order valence-corrected chi connectivity index (χ3v) is 12.4. The lowest BCUT2D eigenvalue weighted by Crippen LogP contribution is -2.42. The minimum Gasteiger partial charge on any atom is -0.489 e. The van der Waals surface area contributed by atoms with E-state index in [1.165, 1.54) is 16.2 Å². The van der Waals surface area contributed by atoms with Crippen LogP contribution in [0.25, 0.3) is 0 Å². The maximum absolute atomic E-state index is 14.1. The minimum atomic E-state index is -0.441. The number of nitrogens with zero attached hydrogens (tertiary/aromatic N) is 1. The number of anilines is 1. The van der Waals surface area contributed by atoms with Crippen molar-refractivity contribution in [3.05, 3.63) is 110 Å². The van der Waals surface area contributed by atoms with Crippen molar-refractivity contribution in [2.24, 2.45) is 29.6 Å². The molecule has 1 N–H and O–H groups in total. The van der Waals surface area contributed by atoms with Gasteiger partial charge in [0.05, 0.1) is 34.7 Å². The molecule has 8 rings (SSSR count). The number of rotatable bonds is 7. The lowest BCUT2D eigenvalue weighted by Gasteiger charge is -2.43. The smallest absolute Gasteiger partial charge is 0.338 e. The number of para-hydroxylation sites is 1. The van der Waals surface area contributed by atoms with E-state index in [-0.39, 0.29) is 52.2 Å². The first-order valence-electron chi connectivity index (χ1n) is 15.2. The molecule has 228 valence electrons. The van der Waals surface area contributed by atoms with Crippen LogP contribution in [0.2, 0.25) is 0 Å². The molecule has 0 spiro atoms. The van der Waals surface area contributed by atoms with E-state index in [0.717, 1.165) is 33.2 Å². The van der Waals surface area contributed by atoms with Crippen LogP contribution in [0.15, 0.2) is 88.7 Å². The standard InChI is InChI=1S/C35H30N2O6S2/c1-2-42-34(40)19-12-14-20(15-13-19)37-32(38)27-22-16-23(28(27)33(37)39)29-26(22)25(30-31(44-29)36-35(41)45-30)21-10-6-7-11-24(21)43-17-18-8-4-3-5-9-18/h3-15,22-23,25-29H,2,16-17H2,1H3,(H,36,41)/t22?,23?,25-,26?,27?,28?,29?/m1/s1. The number of imide groups is 1. The van der Waals surface area contributed by atoms with Crippen LogP contribution in [-0.2, 0) is 20.9 Å². The number of amides is 2. The van der Waals surface area contributed by atoms with Crippen molar-refractivity contribution in [2.75, 3.05) is 11.5 Å². The first kappa shape index (κ1) is 28.3. The zero-order valence-corrected chi connectivity index (χ0v) is 26.0. The van der Waals surface area contributed by atoms with Gasteiger partial charge in [0, 0.05) is 21.6 Å². The van der Waals surface area contributed by atoms with Gasteiger partial charge in [0.1, 0.15) is 12.4 Å². The van der Waals surface area contributed by atoms with Gasteiger partial charge in [0.2, 0.25) is 11.8 Å². The van der Waals surface area contributed by atoms with Gasteiger partial charge in [0.25, 0.3) is 0 Å². The van der Waals surface area contributed by atoms with Crippen LogP contribution in [-0.4, -0.2) is 34.6 Å². The zero-order chi connectivity index (χ0) is 30.8. The maximum Gasteiger partial charge on any atom is 0.338 e. The van der Waals surface area contributed by atoms with Gasteiger partial charge in [-0.2, -0.15) is 0 Å². The van der Waals surface area contributed by atoms with Crippen molar-refractivity contribution >= 4 is 46.6 Å². The summed E-state index contributed by atoms with van der Waals surface area (Å²) >= 11 is 2.90. The number of nitrogens with one attached hydrogen (secondary N) is 1. The van der Waals surface area contributed by atoms with Crippen LogP contribution in [0, 0.1) is 29.6 Å². The fraction of sp³-hybridized carbons (Fsp3) is 0.314. The number of ether oxygens (including phenoxy) is 2. The number of fused-ring (bicyclic) bond motifs is 9. The molecule has 1 saturated heterocycles. The third-order valence-electron chi connectivity index (χ3n) is 9.85. The Hall–Kier alpha value is -4.15. The summed E-state index contributed by atoms with van der Waals surface area (Å²) < 4.78 is 11.5. The number of aromatic amines is 1. The molecule has 45 heavy (non-hydrogen) atoms. The van der Waals surface area contributed by atoms with Crippen LogP contribution in [0.5, 0.6) is 5.75 Å². The zero-order valence-electron chi connectivity index (χ0n) is 24.4. The lowest BCUT2D eigenvalue weighted by molar-refractivity contribution is -0.123. The maximum atomic E-state index is 14.1. The number of hydrogen-bond acceptors (Lipinski definition) is 8. The first-order chi connectivity index (χ1) is 21.9. The Kier molecular flexibility index (Phi) is 6.94. The Bertz CT molecular complexity index is 1870. The second-order valence-electron chi connectivity index (χ2n) is 12.1. The molecule has 6 unspecified atom stereocenters. The molecule has 2 saturated carbocycles. The Balaban J connectivity index is 1.14. The molecule has 1 aromatic heterocycles. The topological polar surface area (TPSA) is 106 Å². The second-order valence-corrected chi connectivity index (χ2v) is 14.3. The van der Waals surface area contributed by atoms with Crippen molar-refractivity contribution in [1.82, 2.24) is 4.98 Å². The largest absolute Gasteiger partial charge is 0.489 e. The van der Waals surface area contributed by atoms with Gasteiger partial charge in [0.15, 0.2) is 0 Å². The second kappa shape index (κ2) is 11.0. The predicted octanol–water partition coefficient (Wildman–Crippen LogP) is 5.87. The summed E-state index contributed by atoms with van der Waals surface area (Å²) in [4.78, 5) is 58.3. The Morgan fingerprint density at radius 2 is 1.62 bits per heavy atom. The number of carbonyl (C=O) groups excluding carboxylic acids is 3. The molecule has 2 amide bonds. The average Bonchev–Trinajstić information content (AvgIpc) is 3.79. The molecular weight excluding hydrogens is 609 g/mol. The molecule has 10 heteroatoms. The quantitative estimate of drug-likeness (QED) is 0.199. The van der Waals surface area contributed by atoms with Crippen LogP contribution < -0.4 is 14.5 Å². The van der Waals surface area contributed by atoms with Crippen molar-refractivity contribution < 1.29 is 23.9 Å². The molecule has 3 aromatic carbocycles. The molecule has 4 aromatic rings. The molecule has 0 radical (unpaired) electrons. The third kappa shape index (κ3) is 4.48. The number of hydrogen-bond donors (Lipinski definition) is 1. The predicted molar refractivity (Wildman–Crippen MR) is 171 cm³/mol. The monoisotopic (exact) mass is 638 g/mol. The molecule has 4 aliphatic rings. The van der Waals surface area contributed by atoms with Crippen LogP contribution in [0.4, 0.5) is 5.69 Å². The van der Waals surface area contributed by atoms with E-state index in [9.17, 15) is 19.2 Å². The molecule has 2 bridgehead atoms. The van der Waals surface area contributed by atoms with Gasteiger partial charge in [-0.25, -0.2) is 4.79 Å². The molecular formula is C35H30N2O6S2. The highest BCUT2D eigenvalue weighted by molar-refractivity contribution is 8.00. The summed E-state index contributed by atoms with van der Waals surface area (Å²) in [5, 5.41) is 0.936. The fourth-order valence-electron chi connectivity index (χ4n) is 8.18. The van der Waals surface area contributed by atoms with E-state index >= 15 is 0 Å². The highest BCUT2D eigenvalue weighted by Crippen LogP contribution is 2.69. The summed E-state index contributed by atoms with van der Waals surface area (Å²) in [5.41, 5.74) is 2.91. The molecule has 8 nitrogen and oxygen atoms in total. The SMILES string of the molecule is CCOC(=O)c1ccc(N2C(=O)C3C4CC(C3C2=O)C2C4Sc3[nH]c(=O)sc3[C@@H]2c2ccccc2OCc2ccccc2)cc1. The van der Waals surface area contributed by atoms with E-state index in [4.69, 9.17) is 9.47 Å². The number of esters is 1. The van der Waals surface area contributed by atoms with E-state index in [1.54, 1.807) is 43.0 Å². The molecule has 2 aliphatic carbocycles. The minimum absolute atomic E-state index is 0.00621. The molecule has 7 atom stereocenters. The van der Waals surface area contributed by atoms with Crippen LogP contribution >= 0.6 is 23.1 Å². The van der Waals surface area contributed by atoms with Crippen molar-refractivity contribution in [3.8, 4) is 5.75 Å². The van der Waals surface area contributed by atoms with Gasteiger partial charge in [-0.05, 0) is 67.0 Å². The summed E-state index contributed by atoms with van der Waals surface area (Å²) in [6.45, 7) is 2.42. The molecule has 3 fully saturated rings. The number of H-pyrrole nitrogens is 1. The van der Waals surface area contributed by atoms with E-state index < -0.39 is 17.8 Å². The highest BCUT2D eigenvalue weighted by Gasteiger charge is 2.69. The fourth-order valence-corrected chi connectivity index (χ4v) is 11.1. The Labute approximate surface area is 267 Å². The van der Waals surface area contributed by atoms with Gasteiger partial charge >= 0.3 is 10.8 Å². The van der Waals surface area contributed by atoms with Crippen molar-refractivity contribution in [3.63, 3.8) is 0 Å². The van der Waals surface area contributed by atoms with Crippen molar-refractivity contribution in [1.29, 1.82) is 0 Å². The number of carbonyl (C=O) groups is 3. The number of aromatic nitrogens is 1. The molecule has 3 heterocycles. The Morgan fingerprint density at radius 3 is 2.38 bits per heavy atom. The highest BCUT2D eigenvalue weighted by atomic mass is 32.2.